The summed E-state index contributed by atoms with van der Waals surface area (Å²) >= 11 is 0. The maximum absolute atomic E-state index is 12.3. The lowest BCUT2D eigenvalue weighted by atomic mass is 9.96. The van der Waals surface area contributed by atoms with Gasteiger partial charge in [-0.25, -0.2) is 4.79 Å². The first-order valence-electron chi connectivity index (χ1n) is 9.18. The highest BCUT2D eigenvalue weighted by Crippen LogP contribution is 2.14. The van der Waals surface area contributed by atoms with Crippen molar-refractivity contribution in [2.75, 3.05) is 58.9 Å². The molecule has 6 nitrogen and oxygen atoms in total. The minimum Gasteiger partial charge on any atom is -0.444 e. The van der Waals surface area contributed by atoms with Gasteiger partial charge in [0.1, 0.15) is 5.60 Å². The van der Waals surface area contributed by atoms with Crippen molar-refractivity contribution in [1.29, 1.82) is 0 Å². The lowest BCUT2D eigenvalue weighted by Gasteiger charge is -2.31. The van der Waals surface area contributed by atoms with Gasteiger partial charge in [-0.3, -0.25) is 0 Å². The van der Waals surface area contributed by atoms with Gasteiger partial charge in [-0.05, 0) is 26.2 Å². The molecule has 0 saturated carbocycles. The summed E-state index contributed by atoms with van der Waals surface area (Å²) in [4.78, 5) is 16.6. The van der Waals surface area contributed by atoms with Gasteiger partial charge >= 0.3 is 6.09 Å². The molecule has 0 aromatic rings. The van der Waals surface area contributed by atoms with E-state index in [4.69, 9.17) is 4.74 Å². The van der Waals surface area contributed by atoms with E-state index >= 15 is 0 Å². The normalized spacial score (nSPS) is 20.2. The lowest BCUT2D eigenvalue weighted by Crippen LogP contribution is -2.47. The highest BCUT2D eigenvalue weighted by Gasteiger charge is 2.22. The molecule has 0 unspecified atom stereocenters. The number of nitrogens with zero attached hydrogens (tertiary/aromatic N) is 2. The second-order valence-corrected chi connectivity index (χ2v) is 8.80. The van der Waals surface area contributed by atoms with Gasteiger partial charge < -0.3 is 25.2 Å². The Kier molecular flexibility index (Phi) is 8.46. The van der Waals surface area contributed by atoms with E-state index < -0.39 is 5.60 Å². The highest BCUT2D eigenvalue weighted by atomic mass is 16.6. The van der Waals surface area contributed by atoms with Crippen LogP contribution in [-0.2, 0) is 4.74 Å². The Labute approximate surface area is 148 Å². The van der Waals surface area contributed by atoms with Gasteiger partial charge in [-0.15, -0.1) is 0 Å². The summed E-state index contributed by atoms with van der Waals surface area (Å²) in [5.41, 5.74) is -0.139. The van der Waals surface area contributed by atoms with Crippen LogP contribution in [0.1, 0.15) is 41.5 Å². The van der Waals surface area contributed by atoms with Crippen molar-refractivity contribution in [2.24, 2.45) is 5.41 Å². The second-order valence-electron chi connectivity index (χ2n) is 8.80. The van der Waals surface area contributed by atoms with Crippen LogP contribution in [0.2, 0.25) is 0 Å². The van der Waals surface area contributed by atoms with Crippen molar-refractivity contribution in [2.45, 2.75) is 47.1 Å². The van der Waals surface area contributed by atoms with Crippen molar-refractivity contribution >= 4 is 6.09 Å². The van der Waals surface area contributed by atoms with Crippen LogP contribution >= 0.6 is 0 Å². The molecular weight excluding hydrogens is 304 g/mol. The zero-order valence-corrected chi connectivity index (χ0v) is 16.6. The number of carbonyl (C=O) groups excluding carboxylic acids is 1. The van der Waals surface area contributed by atoms with Gasteiger partial charge in [0.05, 0.1) is 0 Å². The summed E-state index contributed by atoms with van der Waals surface area (Å²) in [6.07, 6.45) is -0.225. The molecular formula is C18H38N4O2. The molecule has 0 aromatic heterocycles. The van der Waals surface area contributed by atoms with Gasteiger partial charge in [0, 0.05) is 58.9 Å². The summed E-state index contributed by atoms with van der Waals surface area (Å²) in [5.74, 6) is 0. The zero-order chi connectivity index (χ0) is 18.2. The third-order valence-electron chi connectivity index (χ3n) is 3.68. The number of ether oxygens (including phenoxy) is 1. The lowest BCUT2D eigenvalue weighted by molar-refractivity contribution is 0.0252. The first-order valence-corrected chi connectivity index (χ1v) is 9.18. The Morgan fingerprint density at radius 3 is 1.75 bits per heavy atom. The van der Waals surface area contributed by atoms with Crippen molar-refractivity contribution in [3.05, 3.63) is 0 Å². The van der Waals surface area contributed by atoms with Crippen LogP contribution in [0.3, 0.4) is 0 Å². The molecule has 0 radical (unpaired) electrons. The molecule has 1 aliphatic rings. The predicted octanol–water partition coefficient (Wildman–Crippen LogP) is 1.76. The Bertz CT molecular complexity index is 360. The molecule has 0 spiro atoms. The smallest absolute Gasteiger partial charge is 0.410 e. The summed E-state index contributed by atoms with van der Waals surface area (Å²) < 4.78 is 5.50. The van der Waals surface area contributed by atoms with Gasteiger partial charge in [0.2, 0.25) is 0 Å². The fourth-order valence-corrected chi connectivity index (χ4v) is 2.71. The molecule has 142 valence electrons. The SMILES string of the molecule is CC(C)(C)CN1CCNCCN(C(=O)OC(C)(C)C)CCNCC1. The second kappa shape index (κ2) is 9.59. The first-order chi connectivity index (χ1) is 11.1. The van der Waals surface area contributed by atoms with Crippen LogP contribution < -0.4 is 10.6 Å². The fourth-order valence-electron chi connectivity index (χ4n) is 2.71. The van der Waals surface area contributed by atoms with Gasteiger partial charge in [-0.1, -0.05) is 20.8 Å². The van der Waals surface area contributed by atoms with E-state index in [1.165, 1.54) is 0 Å². The predicted molar refractivity (Wildman–Crippen MR) is 99.4 cm³/mol. The summed E-state index contributed by atoms with van der Waals surface area (Å²) in [6, 6.07) is 0. The molecule has 0 aliphatic carbocycles. The van der Waals surface area contributed by atoms with Crippen LogP contribution in [0.4, 0.5) is 4.79 Å². The van der Waals surface area contributed by atoms with Gasteiger partial charge in [-0.2, -0.15) is 0 Å². The van der Waals surface area contributed by atoms with E-state index in [9.17, 15) is 4.79 Å². The number of amides is 1. The number of nitrogens with one attached hydrogen (secondary N) is 2. The molecule has 1 amide bonds. The van der Waals surface area contributed by atoms with E-state index in [-0.39, 0.29) is 6.09 Å². The van der Waals surface area contributed by atoms with E-state index in [1.807, 2.05) is 20.8 Å². The Morgan fingerprint density at radius 2 is 1.33 bits per heavy atom. The number of hydrogen-bond acceptors (Lipinski definition) is 5. The molecule has 0 bridgehead atoms. The van der Waals surface area contributed by atoms with Crippen LogP contribution in [0.25, 0.3) is 0 Å². The molecule has 0 atom stereocenters. The Morgan fingerprint density at radius 1 is 0.875 bits per heavy atom. The molecule has 0 aromatic carbocycles. The van der Waals surface area contributed by atoms with Crippen molar-refractivity contribution in [3.8, 4) is 0 Å². The van der Waals surface area contributed by atoms with Crippen LogP contribution in [0.5, 0.6) is 0 Å². The van der Waals surface area contributed by atoms with Crippen molar-refractivity contribution in [1.82, 2.24) is 20.4 Å². The average molecular weight is 343 g/mol. The van der Waals surface area contributed by atoms with E-state index in [1.54, 1.807) is 4.90 Å². The van der Waals surface area contributed by atoms with E-state index in [0.29, 0.717) is 18.5 Å². The maximum atomic E-state index is 12.3. The average Bonchev–Trinajstić information content (AvgIpc) is 2.38. The topological polar surface area (TPSA) is 56.8 Å². The monoisotopic (exact) mass is 342 g/mol. The van der Waals surface area contributed by atoms with Gasteiger partial charge in [0.15, 0.2) is 0 Å². The molecule has 1 fully saturated rings. The zero-order valence-electron chi connectivity index (χ0n) is 16.6. The van der Waals surface area contributed by atoms with Gasteiger partial charge in [0.25, 0.3) is 0 Å². The van der Waals surface area contributed by atoms with E-state index in [2.05, 4.69) is 36.3 Å². The third-order valence-corrected chi connectivity index (χ3v) is 3.68. The number of rotatable bonds is 1. The molecule has 2 N–H and O–H groups in total. The standard InChI is InChI=1S/C18H38N4O2/c1-17(2,3)15-21-11-7-19-9-13-22(14-10-20-8-12-21)16(23)24-18(4,5)6/h19-20H,7-15H2,1-6H3. The Hall–Kier alpha value is -0.850. The fraction of sp³-hybridized carbons (Fsp3) is 0.944. The minimum atomic E-state index is -0.449. The van der Waals surface area contributed by atoms with E-state index in [0.717, 1.165) is 45.8 Å². The molecule has 6 heteroatoms. The van der Waals surface area contributed by atoms with Crippen molar-refractivity contribution in [3.63, 3.8) is 0 Å². The first kappa shape index (κ1) is 21.2. The number of carbonyl (C=O) groups is 1. The number of hydrogen-bond donors (Lipinski definition) is 2. The summed E-state index contributed by atoms with van der Waals surface area (Å²) in [5, 5.41) is 6.91. The highest BCUT2D eigenvalue weighted by molar-refractivity contribution is 5.68. The minimum absolute atomic E-state index is 0.225. The quantitative estimate of drug-likeness (QED) is 0.760. The molecule has 1 aliphatic heterocycles. The maximum Gasteiger partial charge on any atom is 0.410 e. The third kappa shape index (κ3) is 10.1. The van der Waals surface area contributed by atoms with Crippen LogP contribution in [0.15, 0.2) is 0 Å². The largest absolute Gasteiger partial charge is 0.444 e. The van der Waals surface area contributed by atoms with Crippen molar-refractivity contribution < 1.29 is 9.53 Å². The summed E-state index contributed by atoms with van der Waals surface area (Å²) in [7, 11) is 0. The molecule has 1 heterocycles. The Balaban J connectivity index is 2.49. The molecule has 1 saturated heterocycles. The summed E-state index contributed by atoms with van der Waals surface area (Å²) in [6.45, 7) is 20.5. The molecule has 1 rings (SSSR count). The van der Waals surface area contributed by atoms with Crippen LogP contribution in [-0.4, -0.2) is 80.4 Å². The van der Waals surface area contributed by atoms with Crippen LogP contribution in [0, 0.1) is 5.41 Å². The molecule has 24 heavy (non-hydrogen) atoms.